The zero-order valence-corrected chi connectivity index (χ0v) is 12.6. The molecule has 0 atom stereocenters. The average molecular weight is 345 g/mol. The summed E-state index contributed by atoms with van der Waals surface area (Å²) < 4.78 is 14.2. The van der Waals surface area contributed by atoms with E-state index >= 15 is 0 Å². The number of nitrogens with two attached hydrogens (primary N) is 1. The maximum absolute atomic E-state index is 13.7. The Kier molecular flexibility index (Phi) is 4.20. The van der Waals surface area contributed by atoms with Crippen molar-refractivity contribution >= 4 is 44.7 Å². The lowest BCUT2D eigenvalue weighted by atomic mass is 9.85. The lowest BCUT2D eigenvalue weighted by Gasteiger charge is -2.26. The molecular weight excluding hydrogens is 331 g/mol. The lowest BCUT2D eigenvalue weighted by Crippen LogP contribution is -2.44. The molecule has 0 unspecified atom stereocenters. The van der Waals surface area contributed by atoms with Gasteiger partial charge in [-0.05, 0) is 40.9 Å². The van der Waals surface area contributed by atoms with Crippen LogP contribution in [0.1, 0.15) is 25.7 Å². The Bertz CT molecular complexity index is 509. The first-order valence-electron chi connectivity index (χ1n) is 6.03. The van der Waals surface area contributed by atoms with Crippen molar-refractivity contribution in [2.45, 2.75) is 25.7 Å². The second kappa shape index (κ2) is 5.54. The van der Waals surface area contributed by atoms with Gasteiger partial charge in [0.05, 0.1) is 16.1 Å². The quantitative estimate of drug-likeness (QED) is 0.826. The molecule has 1 aromatic carbocycles. The molecule has 0 bridgehead atoms. The number of halogens is 2. The van der Waals surface area contributed by atoms with Crippen molar-refractivity contribution in [2.75, 3.05) is 5.32 Å². The molecule has 3 N–H and O–H groups in total. The number of para-hydroxylation sites is 1. The van der Waals surface area contributed by atoms with Gasteiger partial charge in [0.2, 0.25) is 5.91 Å². The minimum atomic E-state index is -0.836. The zero-order chi connectivity index (χ0) is 14.0. The van der Waals surface area contributed by atoms with Gasteiger partial charge in [-0.2, -0.15) is 0 Å². The van der Waals surface area contributed by atoms with Gasteiger partial charge in [-0.1, -0.05) is 31.1 Å². The third kappa shape index (κ3) is 2.65. The monoisotopic (exact) mass is 344 g/mol. The number of carbonyl (C=O) groups excluding carboxylic acids is 1. The molecule has 0 saturated heterocycles. The number of carbonyl (C=O) groups is 1. The first-order valence-corrected chi connectivity index (χ1v) is 7.23. The molecule has 1 saturated carbocycles. The molecule has 0 heterocycles. The molecule has 1 aliphatic carbocycles. The summed E-state index contributed by atoms with van der Waals surface area (Å²) in [5, 5.41) is 2.61. The molecule has 19 heavy (non-hydrogen) atoms. The van der Waals surface area contributed by atoms with Crippen LogP contribution in [0.4, 0.5) is 10.1 Å². The molecule has 102 valence electrons. The van der Waals surface area contributed by atoms with E-state index in [4.69, 9.17) is 18.0 Å². The fourth-order valence-electron chi connectivity index (χ4n) is 2.41. The minimum absolute atomic E-state index is 0.134. The van der Waals surface area contributed by atoms with E-state index < -0.39 is 11.2 Å². The number of hydrogen-bond acceptors (Lipinski definition) is 2. The van der Waals surface area contributed by atoms with E-state index in [0.717, 1.165) is 12.8 Å². The van der Waals surface area contributed by atoms with Gasteiger partial charge in [-0.3, -0.25) is 4.79 Å². The molecular formula is C13H14BrFN2OS. The fourth-order valence-corrected chi connectivity index (χ4v) is 3.15. The van der Waals surface area contributed by atoms with Gasteiger partial charge in [0.25, 0.3) is 0 Å². The summed E-state index contributed by atoms with van der Waals surface area (Å²) in [6, 6.07) is 4.53. The van der Waals surface area contributed by atoms with Crippen LogP contribution < -0.4 is 11.1 Å². The third-order valence-corrected chi connectivity index (χ3v) is 4.62. The number of rotatable bonds is 3. The molecule has 0 radical (unpaired) electrons. The van der Waals surface area contributed by atoms with Gasteiger partial charge in [-0.15, -0.1) is 0 Å². The van der Waals surface area contributed by atoms with Crippen LogP contribution in [0.5, 0.6) is 0 Å². The lowest BCUT2D eigenvalue weighted by molar-refractivity contribution is -0.122. The predicted octanol–water partition coefficient (Wildman–Crippen LogP) is 3.37. The summed E-state index contributed by atoms with van der Waals surface area (Å²) in [6.07, 6.45) is 3.06. The Balaban J connectivity index is 2.28. The summed E-state index contributed by atoms with van der Waals surface area (Å²) in [4.78, 5) is 12.6. The number of benzene rings is 1. The number of thiocarbonyl (C=S) groups is 1. The number of amides is 1. The first kappa shape index (κ1) is 14.4. The Morgan fingerprint density at radius 2 is 2.05 bits per heavy atom. The van der Waals surface area contributed by atoms with E-state index in [1.165, 1.54) is 6.07 Å². The summed E-state index contributed by atoms with van der Waals surface area (Å²) in [7, 11) is 0. The van der Waals surface area contributed by atoms with Crippen LogP contribution in [0, 0.1) is 11.2 Å². The van der Waals surface area contributed by atoms with Gasteiger partial charge >= 0.3 is 0 Å². The van der Waals surface area contributed by atoms with Crippen molar-refractivity contribution < 1.29 is 9.18 Å². The molecule has 6 heteroatoms. The Labute approximate surface area is 124 Å². The van der Waals surface area contributed by atoms with Gasteiger partial charge in [0, 0.05) is 4.47 Å². The largest absolute Gasteiger partial charge is 0.392 e. The maximum Gasteiger partial charge on any atom is 0.237 e. The van der Waals surface area contributed by atoms with Crippen LogP contribution in [0.2, 0.25) is 0 Å². The van der Waals surface area contributed by atoms with Crippen LogP contribution in [0.25, 0.3) is 0 Å². The highest BCUT2D eigenvalue weighted by molar-refractivity contribution is 9.10. The van der Waals surface area contributed by atoms with Crippen molar-refractivity contribution in [2.24, 2.45) is 11.1 Å². The molecule has 0 aromatic heterocycles. The Morgan fingerprint density at radius 1 is 1.42 bits per heavy atom. The summed E-state index contributed by atoms with van der Waals surface area (Å²) in [5.41, 5.74) is 5.03. The normalized spacial score (nSPS) is 17.2. The van der Waals surface area contributed by atoms with E-state index in [9.17, 15) is 9.18 Å². The van der Waals surface area contributed by atoms with Gasteiger partial charge in [0.15, 0.2) is 0 Å². The fraction of sp³-hybridized carbons (Fsp3) is 0.385. The second-order valence-electron chi connectivity index (χ2n) is 4.70. The molecule has 1 amide bonds. The zero-order valence-electron chi connectivity index (χ0n) is 10.2. The Morgan fingerprint density at radius 3 is 2.58 bits per heavy atom. The molecule has 1 fully saturated rings. The SMILES string of the molecule is NC(=S)C1(C(=O)Nc2c(F)cccc2Br)CCCC1. The van der Waals surface area contributed by atoms with Gasteiger partial charge < -0.3 is 11.1 Å². The van der Waals surface area contributed by atoms with E-state index in [1.54, 1.807) is 12.1 Å². The predicted molar refractivity (Wildman–Crippen MR) is 80.4 cm³/mol. The van der Waals surface area contributed by atoms with E-state index in [1.807, 2.05) is 0 Å². The van der Waals surface area contributed by atoms with E-state index in [-0.39, 0.29) is 16.6 Å². The van der Waals surface area contributed by atoms with Gasteiger partial charge in [-0.25, -0.2) is 4.39 Å². The summed E-state index contributed by atoms with van der Waals surface area (Å²) in [6.45, 7) is 0. The average Bonchev–Trinajstić information content (AvgIpc) is 2.84. The van der Waals surface area contributed by atoms with Crippen molar-refractivity contribution in [1.82, 2.24) is 0 Å². The van der Waals surface area contributed by atoms with E-state index in [0.29, 0.717) is 17.3 Å². The van der Waals surface area contributed by atoms with Gasteiger partial charge in [0.1, 0.15) is 5.82 Å². The van der Waals surface area contributed by atoms with Crippen LogP contribution in [-0.4, -0.2) is 10.9 Å². The smallest absolute Gasteiger partial charge is 0.237 e. The summed E-state index contributed by atoms with van der Waals surface area (Å²) in [5.74, 6) is -0.804. The highest BCUT2D eigenvalue weighted by Crippen LogP contribution is 2.40. The molecule has 1 aliphatic rings. The van der Waals surface area contributed by atoms with Crippen molar-refractivity contribution in [3.8, 4) is 0 Å². The van der Waals surface area contributed by atoms with Crippen LogP contribution >= 0.6 is 28.1 Å². The number of anilines is 1. The molecule has 0 aliphatic heterocycles. The maximum atomic E-state index is 13.7. The molecule has 0 spiro atoms. The minimum Gasteiger partial charge on any atom is -0.392 e. The van der Waals surface area contributed by atoms with Crippen molar-refractivity contribution in [3.05, 3.63) is 28.5 Å². The Hall–Kier alpha value is -1.01. The molecule has 2 rings (SSSR count). The third-order valence-electron chi connectivity index (χ3n) is 3.56. The van der Waals surface area contributed by atoms with E-state index in [2.05, 4.69) is 21.2 Å². The molecule has 3 nitrogen and oxygen atoms in total. The molecule has 1 aromatic rings. The summed E-state index contributed by atoms with van der Waals surface area (Å²) >= 11 is 8.26. The second-order valence-corrected chi connectivity index (χ2v) is 6.00. The van der Waals surface area contributed by atoms with Crippen molar-refractivity contribution in [1.29, 1.82) is 0 Å². The number of hydrogen-bond donors (Lipinski definition) is 2. The first-order chi connectivity index (χ1) is 8.97. The topological polar surface area (TPSA) is 55.1 Å². The highest BCUT2D eigenvalue weighted by atomic mass is 79.9. The van der Waals surface area contributed by atoms with Crippen LogP contribution in [0.3, 0.4) is 0 Å². The number of nitrogens with one attached hydrogen (secondary N) is 1. The van der Waals surface area contributed by atoms with Crippen molar-refractivity contribution in [3.63, 3.8) is 0 Å². The standard InChI is InChI=1S/C13H14BrFN2OS/c14-8-4-3-5-9(15)10(8)17-12(18)13(11(16)19)6-1-2-7-13/h3-5H,1-2,6-7H2,(H2,16,19)(H,17,18). The van der Waals surface area contributed by atoms with Crippen LogP contribution in [-0.2, 0) is 4.79 Å². The van der Waals surface area contributed by atoms with Crippen LogP contribution in [0.15, 0.2) is 22.7 Å². The highest BCUT2D eigenvalue weighted by Gasteiger charge is 2.44.